The van der Waals surface area contributed by atoms with Gasteiger partial charge in [0.25, 0.3) is 0 Å². The Labute approximate surface area is 130 Å². The molecule has 0 aromatic rings. The van der Waals surface area contributed by atoms with Gasteiger partial charge in [0.1, 0.15) is 12.1 Å². The highest BCUT2D eigenvalue weighted by Gasteiger charge is 2.59. The zero-order valence-corrected chi connectivity index (χ0v) is 13.5. The first-order chi connectivity index (χ1) is 10.2. The number of hydrogen-bond acceptors (Lipinski definition) is 4. The molecule has 0 aromatic heterocycles. The molecule has 1 saturated carbocycles. The molecule has 7 nitrogen and oxygen atoms in total. The van der Waals surface area contributed by atoms with Gasteiger partial charge in [0.15, 0.2) is 0 Å². The Hall–Kier alpha value is -1.79. The number of methoxy groups -OCH3 is 1. The number of amides is 2. The lowest BCUT2D eigenvalue weighted by Gasteiger charge is -2.42. The minimum Gasteiger partial charge on any atom is -0.480 e. The van der Waals surface area contributed by atoms with Crippen LogP contribution in [0.4, 0.5) is 4.79 Å². The van der Waals surface area contributed by atoms with Crippen molar-refractivity contribution in [2.75, 3.05) is 7.11 Å². The summed E-state index contributed by atoms with van der Waals surface area (Å²) in [5, 5.41) is 12.0. The quantitative estimate of drug-likeness (QED) is 0.813. The van der Waals surface area contributed by atoms with E-state index in [-0.39, 0.29) is 17.7 Å². The van der Waals surface area contributed by atoms with Crippen LogP contribution in [-0.2, 0) is 14.3 Å². The maximum Gasteiger partial charge on any atom is 0.407 e. The van der Waals surface area contributed by atoms with Gasteiger partial charge in [-0.25, -0.2) is 9.59 Å². The molecule has 0 aromatic carbocycles. The van der Waals surface area contributed by atoms with Gasteiger partial charge in [-0.05, 0) is 38.0 Å². The van der Waals surface area contributed by atoms with Crippen molar-refractivity contribution in [3.8, 4) is 0 Å². The minimum atomic E-state index is -0.970. The molecular weight excluding hydrogens is 288 g/mol. The van der Waals surface area contributed by atoms with Crippen molar-refractivity contribution < 1.29 is 24.2 Å². The number of hydrogen-bond donors (Lipinski definition) is 2. The molecule has 7 heteroatoms. The zero-order chi connectivity index (χ0) is 16.7. The second-order valence-electron chi connectivity index (χ2n) is 6.85. The van der Waals surface area contributed by atoms with Crippen molar-refractivity contribution in [3.63, 3.8) is 0 Å². The summed E-state index contributed by atoms with van der Waals surface area (Å²) >= 11 is 0. The Kier molecular flexibility index (Phi) is 4.35. The van der Waals surface area contributed by atoms with Gasteiger partial charge in [0.2, 0.25) is 5.91 Å². The Morgan fingerprint density at radius 2 is 2.00 bits per heavy atom. The maximum atomic E-state index is 12.9. The molecule has 4 atom stereocenters. The molecule has 22 heavy (non-hydrogen) atoms. The molecule has 2 aliphatic rings. The predicted octanol–water partition coefficient (Wildman–Crippen LogP) is 1.22. The van der Waals surface area contributed by atoms with E-state index >= 15 is 0 Å². The van der Waals surface area contributed by atoms with Crippen LogP contribution >= 0.6 is 0 Å². The third-order valence-electron chi connectivity index (χ3n) is 4.94. The highest BCUT2D eigenvalue weighted by Crippen LogP contribution is 2.50. The number of fused-ring (bicyclic) bond motifs is 2. The van der Waals surface area contributed by atoms with E-state index in [9.17, 15) is 19.5 Å². The van der Waals surface area contributed by atoms with Crippen molar-refractivity contribution in [1.29, 1.82) is 0 Å². The summed E-state index contributed by atoms with van der Waals surface area (Å²) in [5.74, 6) is -1.47. The van der Waals surface area contributed by atoms with Crippen molar-refractivity contribution in [1.82, 2.24) is 10.2 Å². The molecule has 2 bridgehead atoms. The maximum absolute atomic E-state index is 12.9. The van der Waals surface area contributed by atoms with E-state index in [1.165, 1.54) is 12.0 Å². The monoisotopic (exact) mass is 312 g/mol. The summed E-state index contributed by atoms with van der Waals surface area (Å²) in [5.41, 5.74) is -0.435. The molecule has 2 N–H and O–H groups in total. The van der Waals surface area contributed by atoms with Crippen LogP contribution in [0.1, 0.15) is 40.0 Å². The number of alkyl carbamates (subject to hydrolysis) is 1. The number of nitrogens with zero attached hydrogens (tertiary/aromatic N) is 1. The second kappa shape index (κ2) is 5.78. The molecule has 1 aliphatic carbocycles. The van der Waals surface area contributed by atoms with Gasteiger partial charge in [-0.2, -0.15) is 0 Å². The van der Waals surface area contributed by atoms with Crippen LogP contribution in [0.2, 0.25) is 0 Å². The van der Waals surface area contributed by atoms with Crippen LogP contribution in [0.3, 0.4) is 0 Å². The van der Waals surface area contributed by atoms with Crippen LogP contribution in [0.25, 0.3) is 0 Å². The summed E-state index contributed by atoms with van der Waals surface area (Å²) in [7, 11) is 1.23. The van der Waals surface area contributed by atoms with E-state index in [0.717, 1.165) is 12.8 Å². The smallest absolute Gasteiger partial charge is 0.407 e. The second-order valence-corrected chi connectivity index (χ2v) is 6.85. The van der Waals surface area contributed by atoms with Gasteiger partial charge in [-0.15, -0.1) is 0 Å². The van der Waals surface area contributed by atoms with E-state index in [0.29, 0.717) is 6.42 Å². The van der Waals surface area contributed by atoms with Crippen molar-refractivity contribution in [2.45, 2.75) is 57.7 Å². The summed E-state index contributed by atoms with van der Waals surface area (Å²) < 4.78 is 4.57. The molecule has 124 valence electrons. The molecule has 1 saturated heterocycles. The van der Waals surface area contributed by atoms with Gasteiger partial charge >= 0.3 is 12.1 Å². The molecule has 2 amide bonds. The number of nitrogens with one attached hydrogen (secondary N) is 1. The fourth-order valence-corrected chi connectivity index (χ4v) is 3.86. The lowest BCUT2D eigenvalue weighted by Crippen LogP contribution is -2.61. The normalized spacial score (nSPS) is 31.2. The van der Waals surface area contributed by atoms with Crippen LogP contribution in [0.15, 0.2) is 0 Å². The average molecular weight is 312 g/mol. The lowest BCUT2D eigenvalue weighted by atomic mass is 9.93. The molecular formula is C15H24N2O5. The molecule has 1 aliphatic heterocycles. The molecule has 2 rings (SSSR count). The summed E-state index contributed by atoms with van der Waals surface area (Å²) in [6.45, 7) is 5.55. The summed E-state index contributed by atoms with van der Waals surface area (Å²) in [6, 6.07) is -1.59. The predicted molar refractivity (Wildman–Crippen MR) is 78.2 cm³/mol. The number of rotatable bonds is 4. The van der Waals surface area contributed by atoms with Crippen LogP contribution < -0.4 is 5.32 Å². The molecule has 0 spiro atoms. The van der Waals surface area contributed by atoms with E-state index in [1.54, 1.807) is 0 Å². The third kappa shape index (κ3) is 2.64. The first-order valence-electron chi connectivity index (χ1n) is 7.61. The Bertz CT molecular complexity index is 492. The molecule has 2 fully saturated rings. The van der Waals surface area contributed by atoms with Crippen molar-refractivity contribution in [3.05, 3.63) is 0 Å². The van der Waals surface area contributed by atoms with Crippen LogP contribution in [-0.4, -0.2) is 52.7 Å². The summed E-state index contributed by atoms with van der Waals surface area (Å²) in [6.07, 6.45) is 1.65. The number of likely N-dealkylation sites (tertiary alicyclic amines) is 1. The standard InChI is InChI=1S/C15H24N2O5/c1-8(2)10(16-14(21)22-4)12(18)17-11(13(19)20)9-5-6-15(17,3)7-9/h8-11H,5-7H2,1-4H3,(H,16,21)(H,19,20)/t9?,10-,11-,15?/m0/s1. The lowest BCUT2D eigenvalue weighted by molar-refractivity contribution is -0.156. The fraction of sp³-hybridized carbons (Fsp3) is 0.800. The Balaban J connectivity index is 2.28. The van der Waals surface area contributed by atoms with Crippen LogP contribution in [0.5, 0.6) is 0 Å². The number of aliphatic carboxylic acids is 1. The van der Waals surface area contributed by atoms with E-state index < -0.39 is 29.7 Å². The first kappa shape index (κ1) is 16.6. The number of ether oxygens (including phenoxy) is 1. The topological polar surface area (TPSA) is 95.9 Å². The number of piperidine rings is 1. The number of carbonyl (C=O) groups is 3. The summed E-state index contributed by atoms with van der Waals surface area (Å²) in [4.78, 5) is 37.5. The van der Waals surface area contributed by atoms with E-state index in [1.807, 2.05) is 20.8 Å². The number of carbonyl (C=O) groups excluding carboxylic acids is 2. The minimum absolute atomic E-state index is 0.00242. The Morgan fingerprint density at radius 3 is 2.50 bits per heavy atom. The number of carboxylic acids is 1. The van der Waals surface area contributed by atoms with Gasteiger partial charge in [-0.1, -0.05) is 13.8 Å². The SMILES string of the molecule is COC(=O)N[C@H](C(=O)N1[C@H](C(=O)O)C2CCC1(C)C2)C(C)C. The Morgan fingerprint density at radius 1 is 1.36 bits per heavy atom. The van der Waals surface area contributed by atoms with Crippen LogP contribution in [0, 0.1) is 11.8 Å². The van der Waals surface area contributed by atoms with Crippen molar-refractivity contribution >= 4 is 18.0 Å². The zero-order valence-electron chi connectivity index (χ0n) is 13.5. The van der Waals surface area contributed by atoms with Gasteiger partial charge in [-0.3, -0.25) is 4.79 Å². The highest BCUT2D eigenvalue weighted by molar-refractivity contribution is 5.91. The van der Waals surface area contributed by atoms with Gasteiger partial charge < -0.3 is 20.1 Å². The van der Waals surface area contributed by atoms with E-state index in [2.05, 4.69) is 10.1 Å². The van der Waals surface area contributed by atoms with Gasteiger partial charge in [0.05, 0.1) is 7.11 Å². The molecule has 2 unspecified atom stereocenters. The largest absolute Gasteiger partial charge is 0.480 e. The molecule has 1 heterocycles. The molecule has 0 radical (unpaired) electrons. The average Bonchev–Trinajstić information content (AvgIpc) is 2.96. The fourth-order valence-electron chi connectivity index (χ4n) is 3.86. The highest BCUT2D eigenvalue weighted by atomic mass is 16.5. The van der Waals surface area contributed by atoms with E-state index in [4.69, 9.17) is 0 Å². The van der Waals surface area contributed by atoms with Crippen molar-refractivity contribution in [2.24, 2.45) is 11.8 Å². The first-order valence-corrected chi connectivity index (χ1v) is 7.61. The number of carboxylic acid groups (broad SMARTS) is 1. The third-order valence-corrected chi connectivity index (χ3v) is 4.94. The van der Waals surface area contributed by atoms with Gasteiger partial charge in [0, 0.05) is 5.54 Å².